The topological polar surface area (TPSA) is 134 Å². The number of rotatable bonds is 42. The van der Waals surface area contributed by atoms with Crippen LogP contribution < -0.4 is 0 Å². The normalized spacial score (nSPS) is 25.7. The molecular formula is C74H124O8. The average molecular weight is 1140 g/mol. The van der Waals surface area contributed by atoms with Crippen molar-refractivity contribution in [2.75, 3.05) is 0 Å². The highest BCUT2D eigenvalue weighted by molar-refractivity contribution is 5.70. The number of aliphatic hydroxyl groups is 4. The molecule has 0 radical (unpaired) electrons. The Morgan fingerprint density at radius 1 is 0.366 bits per heavy atom. The summed E-state index contributed by atoms with van der Waals surface area (Å²) in [5.74, 6) is -0.432. The third kappa shape index (κ3) is 28.6. The molecule has 0 unspecified atom stereocenters. The second-order valence-electron chi connectivity index (χ2n) is 27.0. The Bertz CT molecular complexity index is 1900. The van der Waals surface area contributed by atoms with E-state index < -0.39 is 45.4 Å². The molecule has 0 spiro atoms. The van der Waals surface area contributed by atoms with Crippen LogP contribution in [0.5, 0.6) is 0 Å². The van der Waals surface area contributed by atoms with Gasteiger partial charge in [0.1, 0.15) is 23.4 Å². The molecule has 8 heteroatoms. The molecule has 2 aliphatic carbocycles. The van der Waals surface area contributed by atoms with Gasteiger partial charge in [-0.25, -0.2) is 0 Å². The number of carbonyl (C=O) groups excluding carboxylic acids is 2. The number of hydrogen-bond acceptors (Lipinski definition) is 8. The maximum atomic E-state index is 12.9. The van der Waals surface area contributed by atoms with Gasteiger partial charge in [-0.15, -0.1) is 0 Å². The Kier molecular flexibility index (Phi) is 36.3. The van der Waals surface area contributed by atoms with Crippen LogP contribution in [-0.4, -0.2) is 67.0 Å². The molecule has 2 rings (SSSR count). The molecule has 0 aromatic rings. The molecule has 0 amide bonds. The molecule has 4 N–H and O–H groups in total. The predicted octanol–water partition coefficient (Wildman–Crippen LogP) is 19.7. The van der Waals surface area contributed by atoms with E-state index in [4.69, 9.17) is 9.47 Å². The third-order valence-corrected chi connectivity index (χ3v) is 17.9. The van der Waals surface area contributed by atoms with E-state index in [1.807, 2.05) is 128 Å². The summed E-state index contributed by atoms with van der Waals surface area (Å²) in [4.78, 5) is 25.7. The molecule has 0 saturated heterocycles. The lowest BCUT2D eigenvalue weighted by molar-refractivity contribution is -0.223. The molecule has 468 valence electrons. The summed E-state index contributed by atoms with van der Waals surface area (Å²) in [6, 6.07) is 0. The molecule has 0 bridgehead atoms. The molecule has 0 aromatic heterocycles. The van der Waals surface area contributed by atoms with Crippen molar-refractivity contribution in [1.29, 1.82) is 0 Å². The molecule has 2 saturated carbocycles. The first-order valence-electron chi connectivity index (χ1n) is 33.2. The highest BCUT2D eigenvalue weighted by Gasteiger charge is 2.60. The van der Waals surface area contributed by atoms with Gasteiger partial charge in [0.25, 0.3) is 0 Å². The first-order chi connectivity index (χ1) is 38.8. The van der Waals surface area contributed by atoms with Crippen LogP contribution in [0.3, 0.4) is 0 Å². The Morgan fingerprint density at radius 2 is 0.610 bits per heavy atom. The molecule has 2 aliphatic rings. The maximum Gasteiger partial charge on any atom is 0.306 e. The van der Waals surface area contributed by atoms with Crippen LogP contribution in [0.4, 0.5) is 0 Å². The molecule has 0 aromatic carbocycles. The van der Waals surface area contributed by atoms with Gasteiger partial charge in [-0.05, 0) is 79.4 Å². The van der Waals surface area contributed by atoms with Crippen molar-refractivity contribution >= 4 is 11.9 Å². The van der Waals surface area contributed by atoms with Gasteiger partial charge < -0.3 is 29.9 Å². The number of carbonyl (C=O) groups is 2. The highest BCUT2D eigenvalue weighted by Crippen LogP contribution is 2.52. The SMILES string of the molecule is CCCCCCCCCCCCCCCCC(=O)O[C@H]1CC(C)(C)[C@](O)(/C=C/C(C)=C/C=C/C(C)=C/C=C/C=C(C)/C=C/C=C(C)/C=C/[C@@]2(O)C(C)(C)C[C@H](OC(=O)CCCCCCCCCCCCCCCC)C[C@@]2(C)O)[C@](C)(O)C1. The fraction of sp³-hybridized carbons (Fsp3) is 0.730. The van der Waals surface area contributed by atoms with Gasteiger partial charge in [-0.2, -0.15) is 0 Å². The van der Waals surface area contributed by atoms with E-state index in [1.165, 1.54) is 141 Å². The minimum absolute atomic E-state index is 0.168. The van der Waals surface area contributed by atoms with Gasteiger partial charge in [0.05, 0.1) is 11.2 Å². The van der Waals surface area contributed by atoms with E-state index >= 15 is 0 Å². The standard InChI is InChI=1S/C74H124O8/c1-13-15-17-19-21-23-25-27-29-31-33-35-37-39-51-67(75)81-65-57-69(7,8)73(79,71(11,77)59-65)55-53-63(5)49-43-47-61(3)45-41-42-46-62(4)48-44-50-64(6)54-56-74(80)70(9,10)58-66(60-72(74,12)78)82-68(76)52-40-38-36-34-32-30-28-26-24-22-20-18-16-14-2/h41-50,53-56,65-66,77-80H,13-40,51-52,57-60H2,1-12H3/b42-41+,47-43+,48-44+,55-53+,56-54+,61-45+,62-46+,63-49+,64-50+/t65-,66-,71+,72+,73+,74+/m0/s1. The minimum atomic E-state index is -1.53. The van der Waals surface area contributed by atoms with E-state index in [2.05, 4.69) is 13.8 Å². The van der Waals surface area contributed by atoms with Gasteiger partial charge in [-0.3, -0.25) is 9.59 Å². The molecule has 2 fully saturated rings. The van der Waals surface area contributed by atoms with Gasteiger partial charge >= 0.3 is 11.9 Å². The smallest absolute Gasteiger partial charge is 0.306 e. The summed E-state index contributed by atoms with van der Waals surface area (Å²) in [5.41, 5.74) is -3.59. The van der Waals surface area contributed by atoms with Crippen LogP contribution in [0, 0.1) is 10.8 Å². The van der Waals surface area contributed by atoms with Crippen LogP contribution in [0.15, 0.2) is 107 Å². The van der Waals surface area contributed by atoms with Crippen LogP contribution in [0.1, 0.15) is 301 Å². The van der Waals surface area contributed by atoms with Gasteiger partial charge in [0, 0.05) is 36.5 Å². The Labute approximate surface area is 503 Å². The molecular weight excluding hydrogens is 1020 g/mol. The Morgan fingerprint density at radius 3 is 0.878 bits per heavy atom. The van der Waals surface area contributed by atoms with E-state index in [0.29, 0.717) is 25.7 Å². The summed E-state index contributed by atoms with van der Waals surface area (Å²) in [6.07, 6.45) is 63.7. The molecule has 82 heavy (non-hydrogen) atoms. The molecule has 0 heterocycles. The first kappa shape index (κ1) is 74.5. The molecule has 0 aliphatic heterocycles. The zero-order valence-electron chi connectivity index (χ0n) is 54.7. The summed E-state index contributed by atoms with van der Waals surface area (Å²) in [6.45, 7) is 23.5. The zero-order valence-corrected chi connectivity index (χ0v) is 54.7. The summed E-state index contributed by atoms with van der Waals surface area (Å²) in [7, 11) is 0. The van der Waals surface area contributed by atoms with Gasteiger partial charge in [0.15, 0.2) is 0 Å². The quantitative estimate of drug-likeness (QED) is 0.0270. The zero-order chi connectivity index (χ0) is 61.0. The second kappa shape index (κ2) is 39.9. The number of allylic oxidation sites excluding steroid dienone is 16. The van der Waals surface area contributed by atoms with Crippen LogP contribution >= 0.6 is 0 Å². The van der Waals surface area contributed by atoms with Crippen molar-refractivity contribution in [1.82, 2.24) is 0 Å². The lowest BCUT2D eigenvalue weighted by Gasteiger charge is -2.55. The monoisotopic (exact) mass is 1140 g/mol. The Balaban J connectivity index is 1.78. The van der Waals surface area contributed by atoms with Crippen molar-refractivity contribution in [3.05, 3.63) is 107 Å². The second-order valence-corrected chi connectivity index (χ2v) is 27.0. The van der Waals surface area contributed by atoms with Crippen molar-refractivity contribution in [3.63, 3.8) is 0 Å². The van der Waals surface area contributed by atoms with E-state index in [0.717, 1.165) is 60.8 Å². The summed E-state index contributed by atoms with van der Waals surface area (Å²) >= 11 is 0. The van der Waals surface area contributed by atoms with Crippen LogP contribution in [-0.2, 0) is 19.1 Å². The number of ether oxygens (including phenoxy) is 2. The summed E-state index contributed by atoms with van der Waals surface area (Å²) < 4.78 is 11.8. The predicted molar refractivity (Wildman–Crippen MR) is 348 cm³/mol. The Hall–Kier alpha value is -3.56. The largest absolute Gasteiger partial charge is 0.462 e. The van der Waals surface area contributed by atoms with Gasteiger partial charge in [0.2, 0.25) is 0 Å². The van der Waals surface area contributed by atoms with Crippen molar-refractivity contribution in [2.45, 2.75) is 336 Å². The number of hydrogen-bond donors (Lipinski definition) is 4. The summed E-state index contributed by atoms with van der Waals surface area (Å²) in [5, 5.41) is 47.4. The van der Waals surface area contributed by atoms with Crippen LogP contribution in [0.2, 0.25) is 0 Å². The maximum absolute atomic E-state index is 12.9. The third-order valence-electron chi connectivity index (χ3n) is 17.9. The molecule has 8 nitrogen and oxygen atoms in total. The highest BCUT2D eigenvalue weighted by atomic mass is 16.5. The number of unbranched alkanes of at least 4 members (excludes halogenated alkanes) is 26. The minimum Gasteiger partial charge on any atom is -0.462 e. The lowest BCUT2D eigenvalue weighted by Crippen LogP contribution is -2.65. The first-order valence-corrected chi connectivity index (χ1v) is 33.2. The van der Waals surface area contributed by atoms with Crippen molar-refractivity contribution in [3.8, 4) is 0 Å². The van der Waals surface area contributed by atoms with E-state index in [1.54, 1.807) is 26.0 Å². The van der Waals surface area contributed by atoms with E-state index in [9.17, 15) is 30.0 Å². The lowest BCUT2D eigenvalue weighted by atomic mass is 9.57. The number of esters is 2. The molecule has 6 atom stereocenters. The van der Waals surface area contributed by atoms with Crippen molar-refractivity contribution < 1.29 is 39.5 Å². The fourth-order valence-corrected chi connectivity index (χ4v) is 12.5. The van der Waals surface area contributed by atoms with Crippen molar-refractivity contribution in [2.24, 2.45) is 10.8 Å². The average Bonchev–Trinajstić information content (AvgIpc) is 2.46. The fourth-order valence-electron chi connectivity index (χ4n) is 12.5. The van der Waals surface area contributed by atoms with Gasteiger partial charge in [-0.1, -0.05) is 304 Å². The van der Waals surface area contributed by atoms with E-state index in [-0.39, 0.29) is 24.8 Å². The van der Waals surface area contributed by atoms with Crippen LogP contribution in [0.25, 0.3) is 0 Å².